The zero-order valence-electron chi connectivity index (χ0n) is 11.1. The predicted molar refractivity (Wildman–Crippen MR) is 65.4 cm³/mol. The van der Waals surface area contributed by atoms with Crippen LogP contribution in [0.1, 0.15) is 47.0 Å². The highest BCUT2D eigenvalue weighted by molar-refractivity contribution is 6.09. The van der Waals surface area contributed by atoms with Crippen LogP contribution in [0.5, 0.6) is 0 Å². The molecule has 0 N–H and O–H groups in total. The second kappa shape index (κ2) is 2.90. The molecule has 17 heavy (non-hydrogen) atoms. The molecule has 0 saturated heterocycles. The van der Waals surface area contributed by atoms with Gasteiger partial charge in [-0.25, -0.2) is 0 Å². The summed E-state index contributed by atoms with van der Waals surface area (Å²) < 4.78 is 0. The molecule has 92 valence electrons. The van der Waals surface area contributed by atoms with E-state index in [9.17, 15) is 9.59 Å². The Labute approximate surface area is 102 Å². The Bertz CT molecular complexity index is 469. The van der Waals surface area contributed by atoms with E-state index in [2.05, 4.69) is 13.8 Å². The van der Waals surface area contributed by atoms with Crippen molar-refractivity contribution in [2.75, 3.05) is 0 Å². The molecule has 3 aliphatic carbocycles. The van der Waals surface area contributed by atoms with Gasteiger partial charge in [0.2, 0.25) is 0 Å². The minimum Gasteiger partial charge on any atom is -0.298 e. The average Bonchev–Trinajstić information content (AvgIpc) is 2.68. The Hall–Kier alpha value is -0.920. The maximum atomic E-state index is 12.6. The molecular formula is C15H20O2. The molecule has 0 aliphatic heterocycles. The Morgan fingerprint density at radius 2 is 1.65 bits per heavy atom. The Kier molecular flexibility index (Phi) is 1.91. The molecule has 0 radical (unpaired) electrons. The number of carbonyl (C=O) groups is 2. The van der Waals surface area contributed by atoms with E-state index in [0.717, 1.165) is 18.4 Å². The zero-order chi connectivity index (χ0) is 12.6. The second-order valence-electron chi connectivity index (χ2n) is 7.12. The summed E-state index contributed by atoms with van der Waals surface area (Å²) in [6.45, 7) is 8.39. The van der Waals surface area contributed by atoms with Gasteiger partial charge in [-0.2, -0.15) is 0 Å². The number of rotatable bonds is 0. The first-order valence-corrected chi connectivity index (χ1v) is 6.55. The number of Topliss-reactive ketones (excluding diaryl/α,β-unsaturated/α-hetero) is 2. The van der Waals surface area contributed by atoms with Gasteiger partial charge in [0.25, 0.3) is 0 Å². The highest BCUT2D eigenvalue weighted by Gasteiger charge is 2.62. The molecule has 3 atom stereocenters. The maximum absolute atomic E-state index is 12.6. The average molecular weight is 232 g/mol. The van der Waals surface area contributed by atoms with E-state index in [1.54, 1.807) is 0 Å². The third-order valence-electron chi connectivity index (χ3n) is 5.21. The quantitative estimate of drug-likeness (QED) is 0.643. The van der Waals surface area contributed by atoms with Gasteiger partial charge in [0.05, 0.1) is 5.41 Å². The first kappa shape index (κ1) is 11.2. The molecule has 2 nitrogen and oxygen atoms in total. The minimum atomic E-state index is -0.438. The minimum absolute atomic E-state index is 0.188. The van der Waals surface area contributed by atoms with Crippen molar-refractivity contribution in [1.82, 2.24) is 0 Å². The SMILES string of the molecule is CC1=C2[C@@H]3CC(C)(C)C[C@@H]3C(=O)[C@@]2(C)CC1=O. The molecule has 2 heteroatoms. The van der Waals surface area contributed by atoms with Crippen LogP contribution >= 0.6 is 0 Å². The summed E-state index contributed by atoms with van der Waals surface area (Å²) in [5.74, 6) is 1.08. The summed E-state index contributed by atoms with van der Waals surface area (Å²) in [5, 5.41) is 0. The third kappa shape index (κ3) is 1.22. The van der Waals surface area contributed by atoms with Crippen LogP contribution in [0.3, 0.4) is 0 Å². The smallest absolute Gasteiger partial charge is 0.159 e. The van der Waals surface area contributed by atoms with Crippen LogP contribution in [0.15, 0.2) is 11.1 Å². The van der Waals surface area contributed by atoms with Gasteiger partial charge in [0.15, 0.2) is 5.78 Å². The van der Waals surface area contributed by atoms with Crippen LogP contribution in [-0.4, -0.2) is 11.6 Å². The molecule has 3 aliphatic rings. The normalized spacial score (nSPS) is 43.3. The van der Waals surface area contributed by atoms with Gasteiger partial charge >= 0.3 is 0 Å². The van der Waals surface area contributed by atoms with E-state index in [0.29, 0.717) is 18.1 Å². The number of hydrogen-bond donors (Lipinski definition) is 0. The van der Waals surface area contributed by atoms with Crippen molar-refractivity contribution in [2.24, 2.45) is 22.7 Å². The summed E-state index contributed by atoms with van der Waals surface area (Å²) in [7, 11) is 0. The fourth-order valence-corrected chi connectivity index (χ4v) is 4.57. The molecule has 0 bridgehead atoms. The fourth-order valence-electron chi connectivity index (χ4n) is 4.57. The standard InChI is InChI=1S/C15H20O2/c1-8-11(16)7-15(4)12(8)9-5-14(2,3)6-10(9)13(15)17/h9-10H,5-7H2,1-4H3/t9-,10+,15+/m1/s1. The van der Waals surface area contributed by atoms with Crippen LogP contribution < -0.4 is 0 Å². The lowest BCUT2D eigenvalue weighted by molar-refractivity contribution is -0.130. The highest BCUT2D eigenvalue weighted by Crippen LogP contribution is 2.63. The summed E-state index contributed by atoms with van der Waals surface area (Å²) in [5.41, 5.74) is 1.91. The van der Waals surface area contributed by atoms with Crippen molar-refractivity contribution < 1.29 is 9.59 Å². The van der Waals surface area contributed by atoms with E-state index in [-0.39, 0.29) is 17.1 Å². The zero-order valence-corrected chi connectivity index (χ0v) is 11.1. The van der Waals surface area contributed by atoms with Gasteiger partial charge in [0, 0.05) is 12.3 Å². The summed E-state index contributed by atoms with van der Waals surface area (Å²) in [4.78, 5) is 24.5. The lowest BCUT2D eigenvalue weighted by atomic mass is 9.78. The van der Waals surface area contributed by atoms with Crippen LogP contribution in [0, 0.1) is 22.7 Å². The molecule has 2 saturated carbocycles. The van der Waals surface area contributed by atoms with Gasteiger partial charge in [-0.1, -0.05) is 13.8 Å². The second-order valence-corrected chi connectivity index (χ2v) is 7.12. The van der Waals surface area contributed by atoms with E-state index in [1.165, 1.54) is 5.57 Å². The van der Waals surface area contributed by atoms with Crippen molar-refractivity contribution in [2.45, 2.75) is 47.0 Å². The topological polar surface area (TPSA) is 34.1 Å². The van der Waals surface area contributed by atoms with Crippen LogP contribution in [-0.2, 0) is 9.59 Å². The van der Waals surface area contributed by atoms with Gasteiger partial charge in [-0.3, -0.25) is 9.59 Å². The van der Waals surface area contributed by atoms with Crippen LogP contribution in [0.2, 0.25) is 0 Å². The fraction of sp³-hybridized carbons (Fsp3) is 0.733. The number of carbonyl (C=O) groups excluding carboxylic acids is 2. The lowest BCUT2D eigenvalue weighted by Crippen LogP contribution is -2.27. The molecule has 0 amide bonds. The maximum Gasteiger partial charge on any atom is 0.159 e. The number of fused-ring (bicyclic) bond motifs is 3. The summed E-state index contributed by atoms with van der Waals surface area (Å²) in [6, 6.07) is 0. The molecule has 2 fully saturated rings. The molecular weight excluding hydrogens is 212 g/mol. The monoisotopic (exact) mass is 232 g/mol. The number of hydrogen-bond acceptors (Lipinski definition) is 2. The number of ketones is 2. The van der Waals surface area contributed by atoms with Gasteiger partial charge in [0.1, 0.15) is 5.78 Å². The number of allylic oxidation sites excluding steroid dienone is 2. The van der Waals surface area contributed by atoms with E-state index in [4.69, 9.17) is 0 Å². The van der Waals surface area contributed by atoms with E-state index < -0.39 is 5.41 Å². The molecule has 3 rings (SSSR count). The molecule has 0 aromatic carbocycles. The molecule has 0 heterocycles. The van der Waals surface area contributed by atoms with Crippen molar-refractivity contribution in [3.8, 4) is 0 Å². The molecule has 0 aromatic heterocycles. The summed E-state index contributed by atoms with van der Waals surface area (Å²) >= 11 is 0. The van der Waals surface area contributed by atoms with Crippen molar-refractivity contribution in [3.05, 3.63) is 11.1 Å². The van der Waals surface area contributed by atoms with E-state index in [1.807, 2.05) is 13.8 Å². The Morgan fingerprint density at radius 3 is 2.29 bits per heavy atom. The summed E-state index contributed by atoms with van der Waals surface area (Å²) in [6.07, 6.45) is 2.50. The Balaban J connectivity index is 2.13. The first-order chi connectivity index (χ1) is 7.76. The first-order valence-electron chi connectivity index (χ1n) is 6.55. The van der Waals surface area contributed by atoms with Gasteiger partial charge in [-0.05, 0) is 49.2 Å². The van der Waals surface area contributed by atoms with Crippen molar-refractivity contribution >= 4 is 11.6 Å². The molecule has 0 aromatic rings. The highest BCUT2D eigenvalue weighted by atomic mass is 16.1. The van der Waals surface area contributed by atoms with Crippen molar-refractivity contribution in [3.63, 3.8) is 0 Å². The largest absolute Gasteiger partial charge is 0.298 e. The third-order valence-corrected chi connectivity index (χ3v) is 5.21. The molecule has 0 unspecified atom stereocenters. The van der Waals surface area contributed by atoms with Crippen molar-refractivity contribution in [1.29, 1.82) is 0 Å². The van der Waals surface area contributed by atoms with Gasteiger partial charge < -0.3 is 0 Å². The van der Waals surface area contributed by atoms with Crippen LogP contribution in [0.4, 0.5) is 0 Å². The molecule has 0 spiro atoms. The van der Waals surface area contributed by atoms with E-state index >= 15 is 0 Å². The Morgan fingerprint density at radius 1 is 1.06 bits per heavy atom. The van der Waals surface area contributed by atoms with Gasteiger partial charge in [-0.15, -0.1) is 0 Å². The predicted octanol–water partition coefficient (Wildman–Crippen LogP) is 2.92. The van der Waals surface area contributed by atoms with Crippen LogP contribution in [0.25, 0.3) is 0 Å². The lowest BCUT2D eigenvalue weighted by Gasteiger charge is -2.24.